The van der Waals surface area contributed by atoms with Crippen molar-refractivity contribution in [2.24, 2.45) is 11.7 Å². The van der Waals surface area contributed by atoms with E-state index in [0.29, 0.717) is 12.5 Å². The molecule has 7 nitrogen and oxygen atoms in total. The van der Waals surface area contributed by atoms with E-state index in [1.165, 1.54) is 25.2 Å². The molecule has 2 rings (SSSR count). The van der Waals surface area contributed by atoms with Crippen molar-refractivity contribution in [2.45, 2.75) is 18.9 Å². The maximum Gasteiger partial charge on any atom is 0.311 e. The summed E-state index contributed by atoms with van der Waals surface area (Å²) in [5.74, 6) is 0.263. The van der Waals surface area contributed by atoms with Crippen LogP contribution < -0.4 is 15.8 Å². The monoisotopic (exact) mass is 279 g/mol. The number of nitrogens with two attached hydrogens (primary N) is 1. The number of nitro benzene ring substituents is 1. The molecule has 1 amide bonds. The van der Waals surface area contributed by atoms with Gasteiger partial charge in [-0.1, -0.05) is 0 Å². The Morgan fingerprint density at radius 2 is 2.25 bits per heavy atom. The van der Waals surface area contributed by atoms with E-state index in [4.69, 9.17) is 10.5 Å². The fraction of sp³-hybridized carbons (Fsp3) is 0.462. The number of hydrogen-bond donors (Lipinski definition) is 2. The van der Waals surface area contributed by atoms with Crippen LogP contribution in [0.3, 0.4) is 0 Å². The first-order valence-corrected chi connectivity index (χ1v) is 6.42. The molecular formula is C13H17N3O4. The van der Waals surface area contributed by atoms with Crippen LogP contribution >= 0.6 is 0 Å². The SMILES string of the molecule is CNC(=O)c1ccc(OC2CC(CN)C2)c([N+](=O)[O-])c1. The fourth-order valence-electron chi connectivity index (χ4n) is 2.19. The molecular weight excluding hydrogens is 262 g/mol. The highest BCUT2D eigenvalue weighted by molar-refractivity contribution is 5.94. The summed E-state index contributed by atoms with van der Waals surface area (Å²) in [5.41, 5.74) is 5.57. The Bertz CT molecular complexity index is 526. The Morgan fingerprint density at radius 3 is 2.80 bits per heavy atom. The first-order chi connectivity index (χ1) is 9.55. The second kappa shape index (κ2) is 5.87. The lowest BCUT2D eigenvalue weighted by Crippen LogP contribution is -2.37. The van der Waals surface area contributed by atoms with Gasteiger partial charge in [0.2, 0.25) is 0 Å². The van der Waals surface area contributed by atoms with Crippen LogP contribution in [0, 0.1) is 16.0 Å². The van der Waals surface area contributed by atoms with Crippen molar-refractivity contribution in [3.8, 4) is 5.75 Å². The van der Waals surface area contributed by atoms with E-state index in [-0.39, 0.29) is 29.0 Å². The summed E-state index contributed by atoms with van der Waals surface area (Å²) in [6.45, 7) is 0.609. The van der Waals surface area contributed by atoms with E-state index in [1.54, 1.807) is 0 Å². The van der Waals surface area contributed by atoms with Crippen LogP contribution in [0.25, 0.3) is 0 Å². The van der Waals surface area contributed by atoms with Crippen molar-refractivity contribution in [1.82, 2.24) is 5.32 Å². The van der Waals surface area contributed by atoms with E-state index < -0.39 is 4.92 Å². The predicted molar refractivity (Wildman–Crippen MR) is 72.7 cm³/mol. The van der Waals surface area contributed by atoms with Gasteiger partial charge in [0.25, 0.3) is 5.91 Å². The zero-order chi connectivity index (χ0) is 14.7. The topological polar surface area (TPSA) is 107 Å². The van der Waals surface area contributed by atoms with Gasteiger partial charge >= 0.3 is 5.69 Å². The van der Waals surface area contributed by atoms with Gasteiger partial charge < -0.3 is 15.8 Å². The molecule has 0 spiro atoms. The molecule has 1 aromatic carbocycles. The lowest BCUT2D eigenvalue weighted by atomic mass is 9.82. The Kier molecular flexibility index (Phi) is 4.19. The number of nitrogens with zero attached hydrogens (tertiary/aromatic N) is 1. The van der Waals surface area contributed by atoms with Crippen molar-refractivity contribution in [1.29, 1.82) is 0 Å². The van der Waals surface area contributed by atoms with Crippen molar-refractivity contribution in [3.05, 3.63) is 33.9 Å². The number of benzene rings is 1. The lowest BCUT2D eigenvalue weighted by molar-refractivity contribution is -0.386. The van der Waals surface area contributed by atoms with E-state index >= 15 is 0 Å². The zero-order valence-corrected chi connectivity index (χ0v) is 11.2. The molecule has 1 aliphatic rings. The van der Waals surface area contributed by atoms with Gasteiger partial charge in [-0.15, -0.1) is 0 Å². The molecule has 0 unspecified atom stereocenters. The average Bonchev–Trinajstić information content (AvgIpc) is 2.41. The fourth-order valence-corrected chi connectivity index (χ4v) is 2.19. The van der Waals surface area contributed by atoms with Gasteiger partial charge in [-0.25, -0.2) is 0 Å². The van der Waals surface area contributed by atoms with Crippen LogP contribution in [0.1, 0.15) is 23.2 Å². The molecule has 0 radical (unpaired) electrons. The highest BCUT2D eigenvalue weighted by Crippen LogP contribution is 2.35. The lowest BCUT2D eigenvalue weighted by Gasteiger charge is -2.34. The zero-order valence-electron chi connectivity index (χ0n) is 11.2. The highest BCUT2D eigenvalue weighted by Gasteiger charge is 2.31. The van der Waals surface area contributed by atoms with Crippen LogP contribution in [-0.4, -0.2) is 30.5 Å². The Balaban J connectivity index is 2.16. The number of hydrogen-bond acceptors (Lipinski definition) is 5. The third-order valence-corrected chi connectivity index (χ3v) is 3.46. The van der Waals surface area contributed by atoms with Gasteiger partial charge in [0, 0.05) is 18.7 Å². The number of amides is 1. The molecule has 0 saturated heterocycles. The minimum Gasteiger partial charge on any atom is -0.483 e. The number of rotatable bonds is 5. The van der Waals surface area contributed by atoms with E-state index in [9.17, 15) is 14.9 Å². The molecule has 20 heavy (non-hydrogen) atoms. The van der Waals surface area contributed by atoms with E-state index in [0.717, 1.165) is 12.8 Å². The van der Waals surface area contributed by atoms with Gasteiger partial charge in [0.1, 0.15) is 0 Å². The summed E-state index contributed by atoms with van der Waals surface area (Å²) in [6.07, 6.45) is 1.59. The van der Waals surface area contributed by atoms with Gasteiger partial charge in [-0.2, -0.15) is 0 Å². The molecule has 0 bridgehead atoms. The normalized spacial score (nSPS) is 20.9. The van der Waals surface area contributed by atoms with Gasteiger partial charge in [0.15, 0.2) is 5.75 Å². The Hall–Kier alpha value is -2.15. The summed E-state index contributed by atoms with van der Waals surface area (Å²) in [7, 11) is 1.47. The quantitative estimate of drug-likeness (QED) is 0.619. The van der Waals surface area contributed by atoms with Crippen LogP contribution in [0.2, 0.25) is 0 Å². The second-order valence-corrected chi connectivity index (χ2v) is 4.83. The number of carbonyl (C=O) groups excluding carboxylic acids is 1. The first-order valence-electron chi connectivity index (χ1n) is 6.42. The number of nitro groups is 1. The molecule has 1 aromatic rings. The van der Waals surface area contributed by atoms with Crippen LogP contribution in [0.5, 0.6) is 5.75 Å². The van der Waals surface area contributed by atoms with E-state index in [2.05, 4.69) is 5.32 Å². The molecule has 0 aromatic heterocycles. The minimum atomic E-state index is -0.541. The van der Waals surface area contributed by atoms with Crippen molar-refractivity contribution in [2.75, 3.05) is 13.6 Å². The number of ether oxygens (including phenoxy) is 1. The Morgan fingerprint density at radius 1 is 1.55 bits per heavy atom. The van der Waals surface area contributed by atoms with Gasteiger partial charge in [0.05, 0.1) is 11.0 Å². The summed E-state index contributed by atoms with van der Waals surface area (Å²) in [5, 5.41) is 13.5. The molecule has 0 heterocycles. The van der Waals surface area contributed by atoms with Crippen LogP contribution in [0.15, 0.2) is 18.2 Å². The summed E-state index contributed by atoms with van der Waals surface area (Å²) in [4.78, 5) is 22.0. The van der Waals surface area contributed by atoms with Gasteiger partial charge in [-0.3, -0.25) is 14.9 Å². The smallest absolute Gasteiger partial charge is 0.311 e. The van der Waals surface area contributed by atoms with Gasteiger partial charge in [-0.05, 0) is 37.4 Å². The van der Waals surface area contributed by atoms with E-state index in [1.807, 2.05) is 0 Å². The standard InChI is InChI=1S/C13H17N3O4/c1-15-13(17)9-2-3-12(11(6-9)16(18)19)20-10-4-8(5-10)7-14/h2-3,6,8,10H,4-5,7,14H2,1H3,(H,15,17). The molecule has 108 valence electrons. The summed E-state index contributed by atoms with van der Waals surface area (Å²) in [6, 6.07) is 4.21. The van der Waals surface area contributed by atoms with Crippen LogP contribution in [0.4, 0.5) is 5.69 Å². The Labute approximate surface area is 116 Å². The van der Waals surface area contributed by atoms with Crippen molar-refractivity contribution < 1.29 is 14.5 Å². The second-order valence-electron chi connectivity index (χ2n) is 4.83. The first kappa shape index (κ1) is 14.3. The molecule has 3 N–H and O–H groups in total. The molecule has 1 fully saturated rings. The maximum absolute atomic E-state index is 11.5. The molecule has 1 saturated carbocycles. The number of nitrogens with one attached hydrogen (secondary N) is 1. The molecule has 1 aliphatic carbocycles. The third kappa shape index (κ3) is 2.88. The summed E-state index contributed by atoms with van der Waals surface area (Å²) >= 11 is 0. The third-order valence-electron chi connectivity index (χ3n) is 3.46. The molecule has 7 heteroatoms. The van der Waals surface area contributed by atoms with Crippen molar-refractivity contribution in [3.63, 3.8) is 0 Å². The minimum absolute atomic E-state index is 0.0342. The van der Waals surface area contributed by atoms with Crippen LogP contribution in [-0.2, 0) is 0 Å². The average molecular weight is 279 g/mol. The molecule has 0 atom stereocenters. The maximum atomic E-state index is 11.5. The van der Waals surface area contributed by atoms with Crippen molar-refractivity contribution >= 4 is 11.6 Å². The molecule has 0 aliphatic heterocycles. The largest absolute Gasteiger partial charge is 0.483 e. The highest BCUT2D eigenvalue weighted by atomic mass is 16.6. The number of carbonyl (C=O) groups is 1. The summed E-state index contributed by atoms with van der Waals surface area (Å²) < 4.78 is 5.61. The predicted octanol–water partition coefficient (Wildman–Crippen LogP) is 1.07.